The zero-order chi connectivity index (χ0) is 31.6. The van der Waals surface area contributed by atoms with Gasteiger partial charge >= 0.3 is 5.97 Å². The van der Waals surface area contributed by atoms with Crippen LogP contribution >= 0.6 is 0 Å². The Balaban J connectivity index is 1.41. The number of hydrogen-bond donors (Lipinski definition) is 3. The van der Waals surface area contributed by atoms with E-state index in [0.717, 1.165) is 98.0 Å². The first-order valence-electron chi connectivity index (χ1n) is 16.9. The molecule has 0 bridgehead atoms. The van der Waals surface area contributed by atoms with Gasteiger partial charge in [-0.2, -0.15) is 0 Å². The number of carbonyl (C=O) groups is 2. The molecule has 3 aromatic carbocycles. The van der Waals surface area contributed by atoms with E-state index >= 15 is 0 Å². The number of carboxylic acids is 1. The van der Waals surface area contributed by atoms with Gasteiger partial charge in [0.25, 0.3) is 0 Å². The lowest BCUT2D eigenvalue weighted by molar-refractivity contribution is -0.126. The van der Waals surface area contributed by atoms with Crippen LogP contribution in [-0.4, -0.2) is 38.6 Å². The molecule has 0 spiro atoms. The number of aromatic nitrogens is 2. The summed E-state index contributed by atoms with van der Waals surface area (Å²) in [5.74, 6) is 0.256. The number of fused-ring (bicyclic) bond motifs is 1. The number of amides is 1. The molecule has 4 aromatic rings. The molecule has 1 aliphatic rings. The molecule has 1 saturated carbocycles. The van der Waals surface area contributed by atoms with Crippen LogP contribution < -0.4 is 10.6 Å². The summed E-state index contributed by atoms with van der Waals surface area (Å²) < 4.78 is 2.30. The zero-order valence-corrected chi connectivity index (χ0v) is 26.9. The number of imidazole rings is 1. The minimum atomic E-state index is -0.927. The summed E-state index contributed by atoms with van der Waals surface area (Å²) in [6.45, 7) is 5.79. The number of aryl methyl sites for hydroxylation is 1. The lowest BCUT2D eigenvalue weighted by Gasteiger charge is -2.37. The maximum absolute atomic E-state index is 13.6. The Kier molecular flexibility index (Phi) is 10.9. The predicted molar refractivity (Wildman–Crippen MR) is 183 cm³/mol. The van der Waals surface area contributed by atoms with Crippen molar-refractivity contribution in [3.63, 3.8) is 0 Å². The van der Waals surface area contributed by atoms with Crippen LogP contribution in [0.1, 0.15) is 106 Å². The normalized spacial score (nSPS) is 14.4. The van der Waals surface area contributed by atoms with Crippen LogP contribution in [0.5, 0.6) is 0 Å². The number of carbonyl (C=O) groups excluding carboxylic acids is 1. The third-order valence-corrected chi connectivity index (χ3v) is 9.19. The average molecular weight is 609 g/mol. The van der Waals surface area contributed by atoms with Gasteiger partial charge in [-0.15, -0.1) is 0 Å². The molecule has 0 saturated heterocycles. The van der Waals surface area contributed by atoms with Crippen molar-refractivity contribution in [3.8, 4) is 11.1 Å². The Morgan fingerprint density at radius 1 is 0.889 bits per heavy atom. The van der Waals surface area contributed by atoms with Gasteiger partial charge in [-0.25, -0.2) is 9.78 Å². The summed E-state index contributed by atoms with van der Waals surface area (Å²) in [6, 6.07) is 21.6. The molecule has 0 unspecified atom stereocenters. The van der Waals surface area contributed by atoms with E-state index < -0.39 is 11.5 Å². The summed E-state index contributed by atoms with van der Waals surface area (Å²) in [4.78, 5) is 30.4. The molecule has 1 heterocycles. The summed E-state index contributed by atoms with van der Waals surface area (Å²) in [5, 5.41) is 16.6. The Morgan fingerprint density at radius 3 is 2.38 bits per heavy atom. The van der Waals surface area contributed by atoms with Gasteiger partial charge in [0, 0.05) is 25.2 Å². The van der Waals surface area contributed by atoms with E-state index in [9.17, 15) is 14.7 Å². The van der Waals surface area contributed by atoms with Crippen molar-refractivity contribution in [2.24, 2.45) is 0 Å². The van der Waals surface area contributed by atoms with Gasteiger partial charge in [0.2, 0.25) is 5.91 Å². The second kappa shape index (κ2) is 15.2. The number of unbranched alkanes of at least 4 members (excludes halogenated alkanes) is 4. The van der Waals surface area contributed by atoms with Crippen molar-refractivity contribution in [2.45, 2.75) is 103 Å². The largest absolute Gasteiger partial charge is 0.478 e. The zero-order valence-electron chi connectivity index (χ0n) is 26.9. The fraction of sp³-hybridized carbons (Fsp3) is 0.447. The third-order valence-electron chi connectivity index (χ3n) is 9.19. The fourth-order valence-corrected chi connectivity index (χ4v) is 6.61. The van der Waals surface area contributed by atoms with Gasteiger partial charge in [-0.3, -0.25) is 4.79 Å². The molecule has 45 heavy (non-hydrogen) atoms. The Bertz CT molecular complexity index is 1580. The third kappa shape index (κ3) is 7.75. The number of benzene rings is 3. The number of rotatable bonds is 15. The number of nitrogens with one attached hydrogen (secondary N) is 2. The highest BCUT2D eigenvalue weighted by atomic mass is 16.4. The SMILES string of the molecule is CCCCCCNC(=O)C1(Nc2ccc3nc(CCCC)n(Cc4ccc(-c5ccccc5C(=O)O)cc4)c3c2)CCCCC1. The summed E-state index contributed by atoms with van der Waals surface area (Å²) in [5.41, 5.74) is 5.39. The Hall–Kier alpha value is -4.13. The number of anilines is 1. The van der Waals surface area contributed by atoms with Crippen LogP contribution in [0.25, 0.3) is 22.2 Å². The first kappa shape index (κ1) is 32.3. The van der Waals surface area contributed by atoms with Crippen LogP contribution in [0.15, 0.2) is 66.7 Å². The smallest absolute Gasteiger partial charge is 0.336 e. The summed E-state index contributed by atoms with van der Waals surface area (Å²) >= 11 is 0. The van der Waals surface area contributed by atoms with Crippen molar-refractivity contribution < 1.29 is 14.7 Å². The van der Waals surface area contributed by atoms with Gasteiger partial charge in [-0.05, 0) is 66.6 Å². The van der Waals surface area contributed by atoms with E-state index in [4.69, 9.17) is 4.98 Å². The molecule has 7 nitrogen and oxygen atoms in total. The quantitative estimate of drug-likeness (QED) is 0.117. The molecule has 0 atom stereocenters. The standard InChI is InChI=1S/C38H48N4O3/c1-3-5-7-13-25-39-37(45)38(23-11-8-12-24-38)41-30-21-22-33-34(26-30)42(35(40-33)16-6-4-2)27-28-17-19-29(20-18-28)31-14-9-10-15-32(31)36(43)44/h9-10,14-15,17-22,26,41H,3-8,11-13,16,23-25,27H2,1-2H3,(H,39,45)(H,43,44). The van der Waals surface area contributed by atoms with Crippen molar-refractivity contribution in [1.82, 2.24) is 14.9 Å². The molecule has 1 amide bonds. The van der Waals surface area contributed by atoms with E-state index in [0.29, 0.717) is 17.7 Å². The van der Waals surface area contributed by atoms with Crippen LogP contribution in [-0.2, 0) is 17.8 Å². The fourth-order valence-electron chi connectivity index (χ4n) is 6.61. The monoisotopic (exact) mass is 608 g/mol. The Labute approximate surface area is 267 Å². The Morgan fingerprint density at radius 2 is 1.64 bits per heavy atom. The molecule has 1 fully saturated rings. The van der Waals surface area contributed by atoms with Gasteiger partial charge < -0.3 is 20.3 Å². The van der Waals surface area contributed by atoms with Gasteiger partial charge in [-0.1, -0.05) is 101 Å². The van der Waals surface area contributed by atoms with E-state index in [-0.39, 0.29) is 5.91 Å². The summed E-state index contributed by atoms with van der Waals surface area (Å²) in [6.07, 6.45) is 12.5. The second-order valence-electron chi connectivity index (χ2n) is 12.6. The van der Waals surface area contributed by atoms with Crippen molar-refractivity contribution >= 4 is 28.6 Å². The highest BCUT2D eigenvalue weighted by Gasteiger charge is 2.39. The van der Waals surface area contributed by atoms with E-state index in [1.165, 1.54) is 19.3 Å². The number of nitrogens with zero attached hydrogens (tertiary/aromatic N) is 2. The number of aromatic carboxylic acids is 1. The first-order chi connectivity index (χ1) is 21.9. The van der Waals surface area contributed by atoms with Crippen molar-refractivity contribution in [2.75, 3.05) is 11.9 Å². The van der Waals surface area contributed by atoms with Crippen LogP contribution in [0.2, 0.25) is 0 Å². The molecule has 0 radical (unpaired) electrons. The molecular formula is C38H48N4O3. The summed E-state index contributed by atoms with van der Waals surface area (Å²) in [7, 11) is 0. The van der Waals surface area contributed by atoms with Crippen LogP contribution in [0.3, 0.4) is 0 Å². The van der Waals surface area contributed by atoms with Gasteiger partial charge in [0.05, 0.1) is 16.6 Å². The maximum atomic E-state index is 13.6. The molecule has 0 aliphatic heterocycles. The van der Waals surface area contributed by atoms with Crippen LogP contribution in [0, 0.1) is 0 Å². The molecular weight excluding hydrogens is 560 g/mol. The first-order valence-corrected chi connectivity index (χ1v) is 16.9. The molecule has 5 rings (SSSR count). The highest BCUT2D eigenvalue weighted by Crippen LogP contribution is 2.34. The predicted octanol–water partition coefficient (Wildman–Crippen LogP) is 8.60. The van der Waals surface area contributed by atoms with Gasteiger partial charge in [0.1, 0.15) is 11.4 Å². The molecule has 1 aliphatic carbocycles. The topological polar surface area (TPSA) is 96.3 Å². The average Bonchev–Trinajstić information content (AvgIpc) is 3.40. The molecule has 238 valence electrons. The lowest BCUT2D eigenvalue weighted by Crippen LogP contribution is -2.53. The lowest BCUT2D eigenvalue weighted by atomic mass is 9.80. The second-order valence-corrected chi connectivity index (χ2v) is 12.6. The van der Waals surface area contributed by atoms with Crippen LogP contribution in [0.4, 0.5) is 5.69 Å². The van der Waals surface area contributed by atoms with E-state index in [2.05, 4.69) is 59.4 Å². The number of carboxylic acid groups (broad SMARTS) is 1. The van der Waals surface area contributed by atoms with Gasteiger partial charge in [0.15, 0.2) is 0 Å². The van der Waals surface area contributed by atoms with Crippen molar-refractivity contribution in [1.29, 1.82) is 0 Å². The molecule has 7 heteroatoms. The molecule has 1 aromatic heterocycles. The maximum Gasteiger partial charge on any atom is 0.336 e. The van der Waals surface area contributed by atoms with E-state index in [1.807, 2.05) is 24.3 Å². The van der Waals surface area contributed by atoms with Crippen molar-refractivity contribution in [3.05, 3.63) is 83.7 Å². The number of hydrogen-bond acceptors (Lipinski definition) is 4. The minimum absolute atomic E-state index is 0.125. The molecule has 3 N–H and O–H groups in total. The highest BCUT2D eigenvalue weighted by molar-refractivity contribution is 5.96. The van der Waals surface area contributed by atoms with E-state index in [1.54, 1.807) is 12.1 Å². The minimum Gasteiger partial charge on any atom is -0.478 e.